The molecule has 25 heavy (non-hydrogen) atoms. The Morgan fingerprint density at radius 2 is 2.16 bits per heavy atom. The van der Waals surface area contributed by atoms with Crippen LogP contribution >= 0.6 is 11.3 Å². The first-order valence-corrected chi connectivity index (χ1v) is 10.4. The van der Waals surface area contributed by atoms with Gasteiger partial charge in [0.2, 0.25) is 5.91 Å². The van der Waals surface area contributed by atoms with Crippen molar-refractivity contribution in [2.24, 2.45) is 23.5 Å². The quantitative estimate of drug-likeness (QED) is 0.869. The number of thiophene rings is 1. The van der Waals surface area contributed by atoms with Gasteiger partial charge in [0.15, 0.2) is 0 Å². The van der Waals surface area contributed by atoms with Crippen LogP contribution in [0.3, 0.4) is 0 Å². The number of ether oxygens (including phenoxy) is 1. The lowest BCUT2D eigenvalue weighted by Crippen LogP contribution is -2.49. The molecule has 2 aliphatic carbocycles. The molecule has 5 nitrogen and oxygen atoms in total. The lowest BCUT2D eigenvalue weighted by molar-refractivity contribution is -0.137. The molecular formula is C19H29N3O2S. The maximum absolute atomic E-state index is 13.1. The third kappa shape index (κ3) is 3.37. The molecule has 1 aliphatic heterocycles. The van der Waals surface area contributed by atoms with Gasteiger partial charge < -0.3 is 15.4 Å². The van der Waals surface area contributed by atoms with E-state index in [0.29, 0.717) is 11.8 Å². The van der Waals surface area contributed by atoms with Gasteiger partial charge in [0.1, 0.15) is 0 Å². The second-order valence-electron chi connectivity index (χ2n) is 7.83. The van der Waals surface area contributed by atoms with Crippen LogP contribution in [0.25, 0.3) is 0 Å². The molecule has 138 valence electrons. The average Bonchev–Trinajstić information content (AvgIpc) is 3.37. The largest absolute Gasteiger partial charge is 0.379 e. The van der Waals surface area contributed by atoms with Crippen molar-refractivity contribution in [2.45, 2.75) is 31.3 Å². The topological polar surface area (TPSA) is 58.8 Å². The molecular weight excluding hydrogens is 334 g/mol. The van der Waals surface area contributed by atoms with E-state index in [0.717, 1.165) is 39.3 Å². The first kappa shape index (κ1) is 17.5. The van der Waals surface area contributed by atoms with Crippen LogP contribution in [0.2, 0.25) is 0 Å². The number of carbonyl (C=O) groups is 1. The van der Waals surface area contributed by atoms with Crippen LogP contribution in [0.5, 0.6) is 0 Å². The van der Waals surface area contributed by atoms with Crippen molar-refractivity contribution in [1.82, 2.24) is 9.80 Å². The summed E-state index contributed by atoms with van der Waals surface area (Å²) in [6.07, 6.45) is 3.55. The lowest BCUT2D eigenvalue weighted by atomic mass is 9.84. The van der Waals surface area contributed by atoms with Gasteiger partial charge in [0, 0.05) is 37.6 Å². The summed E-state index contributed by atoms with van der Waals surface area (Å²) in [6.45, 7) is 4.14. The molecule has 3 fully saturated rings. The SMILES string of the molecule is CN(CC(c1cccs1)N1CCOCC1)C(=O)C1C2CCC(C2)C1N. The minimum Gasteiger partial charge on any atom is -0.379 e. The third-order valence-electron chi connectivity index (χ3n) is 6.45. The van der Waals surface area contributed by atoms with E-state index in [9.17, 15) is 4.79 Å². The minimum absolute atomic E-state index is 0.0393. The summed E-state index contributed by atoms with van der Waals surface area (Å²) >= 11 is 1.78. The first-order chi connectivity index (χ1) is 12.1. The normalized spacial score (nSPS) is 33.5. The van der Waals surface area contributed by atoms with Crippen LogP contribution in [-0.4, -0.2) is 61.6 Å². The maximum atomic E-state index is 13.1. The number of hydrogen-bond donors (Lipinski definition) is 1. The molecule has 0 spiro atoms. The number of nitrogens with two attached hydrogens (primary N) is 1. The number of amides is 1. The molecule has 0 aromatic carbocycles. The Balaban J connectivity index is 1.46. The van der Waals surface area contributed by atoms with Crippen LogP contribution in [0.4, 0.5) is 0 Å². The van der Waals surface area contributed by atoms with Gasteiger partial charge in [-0.05, 0) is 42.5 Å². The van der Waals surface area contributed by atoms with E-state index in [1.807, 2.05) is 11.9 Å². The van der Waals surface area contributed by atoms with Crippen molar-refractivity contribution in [2.75, 3.05) is 39.9 Å². The summed E-state index contributed by atoms with van der Waals surface area (Å²) < 4.78 is 5.51. The number of carbonyl (C=O) groups excluding carboxylic acids is 1. The first-order valence-electron chi connectivity index (χ1n) is 9.51. The van der Waals surface area contributed by atoms with Crippen LogP contribution in [0.15, 0.2) is 17.5 Å². The molecule has 2 heterocycles. The molecule has 1 aromatic rings. The molecule has 0 radical (unpaired) electrons. The van der Waals surface area contributed by atoms with Crippen molar-refractivity contribution in [1.29, 1.82) is 0 Å². The van der Waals surface area contributed by atoms with Gasteiger partial charge in [-0.1, -0.05) is 6.07 Å². The predicted octanol–water partition coefficient (Wildman–Crippen LogP) is 1.95. The Morgan fingerprint density at radius 1 is 1.40 bits per heavy atom. The molecule has 1 saturated heterocycles. The fourth-order valence-corrected chi connectivity index (χ4v) is 5.91. The van der Waals surface area contributed by atoms with Crippen molar-refractivity contribution >= 4 is 17.2 Å². The monoisotopic (exact) mass is 363 g/mol. The summed E-state index contributed by atoms with van der Waals surface area (Å²) in [5, 5.41) is 2.12. The molecule has 4 rings (SSSR count). The van der Waals surface area contributed by atoms with Crippen molar-refractivity contribution in [3.63, 3.8) is 0 Å². The Kier molecular flexibility index (Phi) is 5.13. The van der Waals surface area contributed by atoms with Gasteiger partial charge in [0.05, 0.1) is 25.2 Å². The summed E-state index contributed by atoms with van der Waals surface area (Å²) in [5.41, 5.74) is 6.40. The van der Waals surface area contributed by atoms with Crippen LogP contribution in [0.1, 0.15) is 30.2 Å². The average molecular weight is 364 g/mol. The highest BCUT2D eigenvalue weighted by molar-refractivity contribution is 7.10. The molecule has 5 atom stereocenters. The smallest absolute Gasteiger partial charge is 0.227 e. The Bertz CT molecular complexity index is 585. The molecule has 2 saturated carbocycles. The number of morpholine rings is 1. The summed E-state index contributed by atoms with van der Waals surface area (Å²) in [7, 11) is 1.96. The van der Waals surface area contributed by atoms with Crippen molar-refractivity contribution in [3.05, 3.63) is 22.4 Å². The highest BCUT2D eigenvalue weighted by Gasteiger charge is 2.50. The second-order valence-corrected chi connectivity index (χ2v) is 8.81. The van der Waals surface area contributed by atoms with Crippen LogP contribution in [-0.2, 0) is 9.53 Å². The van der Waals surface area contributed by atoms with E-state index in [4.69, 9.17) is 10.5 Å². The van der Waals surface area contributed by atoms with Gasteiger partial charge >= 0.3 is 0 Å². The Hall–Kier alpha value is -0.950. The van der Waals surface area contributed by atoms with Crippen LogP contribution < -0.4 is 5.73 Å². The van der Waals surface area contributed by atoms with E-state index in [1.165, 1.54) is 17.7 Å². The number of rotatable bonds is 5. The van der Waals surface area contributed by atoms with Crippen molar-refractivity contribution in [3.8, 4) is 0 Å². The highest BCUT2D eigenvalue weighted by Crippen LogP contribution is 2.48. The highest BCUT2D eigenvalue weighted by atomic mass is 32.1. The third-order valence-corrected chi connectivity index (χ3v) is 7.42. The van der Waals surface area contributed by atoms with Gasteiger partial charge in [-0.3, -0.25) is 9.69 Å². The van der Waals surface area contributed by atoms with Gasteiger partial charge in [0.25, 0.3) is 0 Å². The second kappa shape index (κ2) is 7.35. The zero-order chi connectivity index (χ0) is 17.4. The fourth-order valence-electron chi connectivity index (χ4n) is 5.06. The molecule has 2 N–H and O–H groups in total. The summed E-state index contributed by atoms with van der Waals surface area (Å²) in [5.74, 6) is 1.38. The standard InChI is InChI=1S/C19H29N3O2S/c1-21(19(23)17-13-4-5-14(11-13)18(17)20)12-15(16-3-2-10-25-16)22-6-8-24-9-7-22/h2-3,10,13-15,17-18H,4-9,11-12,20H2,1H3. The number of fused-ring (bicyclic) bond motifs is 2. The predicted molar refractivity (Wildman–Crippen MR) is 99.4 cm³/mol. The van der Waals surface area contributed by atoms with E-state index in [-0.39, 0.29) is 23.9 Å². The van der Waals surface area contributed by atoms with Crippen molar-refractivity contribution < 1.29 is 9.53 Å². The molecule has 2 bridgehead atoms. The van der Waals surface area contributed by atoms with E-state index >= 15 is 0 Å². The van der Waals surface area contributed by atoms with Gasteiger partial charge in [-0.2, -0.15) is 0 Å². The van der Waals surface area contributed by atoms with Gasteiger partial charge in [-0.25, -0.2) is 0 Å². The fraction of sp³-hybridized carbons (Fsp3) is 0.737. The maximum Gasteiger partial charge on any atom is 0.227 e. The summed E-state index contributed by atoms with van der Waals surface area (Å²) in [4.78, 5) is 18.9. The number of likely N-dealkylation sites (N-methyl/N-ethyl adjacent to an activating group) is 1. The summed E-state index contributed by atoms with van der Waals surface area (Å²) in [6, 6.07) is 4.61. The van der Waals surface area contributed by atoms with Gasteiger partial charge in [-0.15, -0.1) is 11.3 Å². The molecule has 6 heteroatoms. The van der Waals surface area contributed by atoms with E-state index < -0.39 is 0 Å². The number of nitrogens with zero attached hydrogens (tertiary/aromatic N) is 2. The molecule has 5 unspecified atom stereocenters. The minimum atomic E-state index is 0.0393. The van der Waals surface area contributed by atoms with E-state index in [2.05, 4.69) is 22.4 Å². The Labute approximate surface area is 154 Å². The van der Waals surface area contributed by atoms with E-state index in [1.54, 1.807) is 11.3 Å². The number of hydrogen-bond acceptors (Lipinski definition) is 5. The van der Waals surface area contributed by atoms with Crippen LogP contribution in [0, 0.1) is 17.8 Å². The molecule has 1 amide bonds. The molecule has 3 aliphatic rings. The zero-order valence-electron chi connectivity index (χ0n) is 15.0. The zero-order valence-corrected chi connectivity index (χ0v) is 15.8. The molecule has 1 aromatic heterocycles. The Morgan fingerprint density at radius 3 is 2.80 bits per heavy atom. The lowest BCUT2D eigenvalue weighted by Gasteiger charge is -2.38.